The van der Waals surface area contributed by atoms with Crippen molar-refractivity contribution in [3.05, 3.63) is 30.1 Å². The van der Waals surface area contributed by atoms with E-state index in [0.717, 1.165) is 12.8 Å². The van der Waals surface area contributed by atoms with Gasteiger partial charge in [-0.2, -0.15) is 0 Å². The molecule has 0 heterocycles. The fourth-order valence-electron chi connectivity index (χ4n) is 4.25. The Morgan fingerprint density at radius 2 is 1.81 bits per heavy atom. The summed E-state index contributed by atoms with van der Waals surface area (Å²) in [6.07, 6.45) is 3.13. The smallest absolute Gasteiger partial charge is 0.207 e. The first-order chi connectivity index (χ1) is 9.67. The number of benzene rings is 1. The van der Waals surface area contributed by atoms with Gasteiger partial charge in [0.1, 0.15) is 5.82 Å². The van der Waals surface area contributed by atoms with Gasteiger partial charge in [0.15, 0.2) is 0 Å². The van der Waals surface area contributed by atoms with Crippen molar-refractivity contribution in [3.8, 4) is 0 Å². The topological polar surface area (TPSA) is 46.2 Å². The first-order valence-corrected chi connectivity index (χ1v) is 8.93. The molecule has 3 rings (SSSR count). The molecular weight excluding hydrogens is 289 g/mol. The Bertz CT molecular complexity index is 653. The summed E-state index contributed by atoms with van der Waals surface area (Å²) in [5.74, 6) is 0.144. The number of rotatable bonds is 3. The van der Waals surface area contributed by atoms with Crippen molar-refractivity contribution in [2.75, 3.05) is 0 Å². The van der Waals surface area contributed by atoms with Gasteiger partial charge in [-0.25, -0.2) is 17.5 Å². The summed E-state index contributed by atoms with van der Waals surface area (Å²) in [5, 5.41) is 0. The number of nitrogens with one attached hydrogen (secondary N) is 1. The van der Waals surface area contributed by atoms with Crippen LogP contribution in [0, 0.1) is 22.6 Å². The number of hydrogen-bond acceptors (Lipinski definition) is 2. The van der Waals surface area contributed by atoms with Crippen LogP contribution < -0.4 is 4.72 Å². The van der Waals surface area contributed by atoms with Gasteiger partial charge in [-0.1, -0.05) is 20.8 Å². The first-order valence-electron chi connectivity index (χ1n) is 7.45. The standard InChI is InChI=1S/C16H22FNO2S/c1-15(2)11-8-9-16(15,3)14(10-11)18-21(19,20)13-6-4-12(17)5-7-13/h4-7,11,14,18H,8-10H2,1-3H3. The van der Waals surface area contributed by atoms with Gasteiger partial charge in [-0.05, 0) is 60.3 Å². The summed E-state index contributed by atoms with van der Waals surface area (Å²) in [4.78, 5) is 0.132. The van der Waals surface area contributed by atoms with Crippen LogP contribution in [0.1, 0.15) is 40.0 Å². The zero-order chi connectivity index (χ0) is 15.5. The van der Waals surface area contributed by atoms with E-state index in [0.29, 0.717) is 5.92 Å². The predicted octanol–water partition coefficient (Wildman–Crippen LogP) is 3.32. The van der Waals surface area contributed by atoms with Crippen LogP contribution >= 0.6 is 0 Å². The maximum atomic E-state index is 12.9. The molecule has 1 N–H and O–H groups in total. The fraction of sp³-hybridized carbons (Fsp3) is 0.625. The summed E-state index contributed by atoms with van der Waals surface area (Å²) < 4.78 is 40.8. The number of fused-ring (bicyclic) bond motifs is 2. The molecular formula is C16H22FNO2S. The lowest BCUT2D eigenvalue weighted by Crippen LogP contribution is -2.46. The van der Waals surface area contributed by atoms with Crippen LogP contribution in [-0.4, -0.2) is 14.5 Å². The third kappa shape index (κ3) is 2.13. The molecule has 21 heavy (non-hydrogen) atoms. The molecule has 2 fully saturated rings. The van der Waals surface area contributed by atoms with E-state index in [2.05, 4.69) is 25.5 Å². The zero-order valence-corrected chi connectivity index (χ0v) is 13.5. The lowest BCUT2D eigenvalue weighted by molar-refractivity contribution is 0.130. The third-order valence-electron chi connectivity index (χ3n) is 6.22. The molecule has 3 nitrogen and oxygen atoms in total. The summed E-state index contributed by atoms with van der Waals surface area (Å²) in [5.41, 5.74) is 0.147. The molecule has 3 unspecified atom stereocenters. The normalized spacial score (nSPS) is 34.3. The van der Waals surface area contributed by atoms with Gasteiger partial charge in [0.05, 0.1) is 4.90 Å². The van der Waals surface area contributed by atoms with Crippen molar-refractivity contribution >= 4 is 10.0 Å². The van der Waals surface area contributed by atoms with Gasteiger partial charge in [0.2, 0.25) is 10.0 Å². The van der Waals surface area contributed by atoms with E-state index < -0.39 is 15.8 Å². The highest BCUT2D eigenvalue weighted by molar-refractivity contribution is 7.89. The van der Waals surface area contributed by atoms with E-state index in [4.69, 9.17) is 0 Å². The lowest BCUT2D eigenvalue weighted by atomic mass is 9.69. The minimum atomic E-state index is -3.59. The lowest BCUT2D eigenvalue weighted by Gasteiger charge is -2.39. The van der Waals surface area contributed by atoms with Crippen LogP contribution in [0.4, 0.5) is 4.39 Å². The average molecular weight is 311 g/mol. The van der Waals surface area contributed by atoms with Gasteiger partial charge in [-0.15, -0.1) is 0 Å². The molecule has 2 aliphatic carbocycles. The Labute approximate surface area is 126 Å². The van der Waals surface area contributed by atoms with E-state index in [-0.39, 0.29) is 21.8 Å². The van der Waals surface area contributed by atoms with Gasteiger partial charge in [0, 0.05) is 6.04 Å². The van der Waals surface area contributed by atoms with Crippen molar-refractivity contribution in [3.63, 3.8) is 0 Å². The van der Waals surface area contributed by atoms with Crippen molar-refractivity contribution < 1.29 is 12.8 Å². The monoisotopic (exact) mass is 311 g/mol. The molecule has 2 saturated carbocycles. The number of halogens is 1. The van der Waals surface area contributed by atoms with E-state index in [1.165, 1.54) is 30.7 Å². The van der Waals surface area contributed by atoms with Crippen LogP contribution in [0.15, 0.2) is 29.2 Å². The van der Waals surface area contributed by atoms with Crippen LogP contribution in [0.5, 0.6) is 0 Å². The van der Waals surface area contributed by atoms with Crippen LogP contribution in [-0.2, 0) is 10.0 Å². The minimum absolute atomic E-state index is 0.00916. The molecule has 1 aromatic carbocycles. The van der Waals surface area contributed by atoms with E-state index in [1.807, 2.05) is 0 Å². The fourth-order valence-corrected chi connectivity index (χ4v) is 5.61. The molecule has 5 heteroatoms. The number of sulfonamides is 1. The molecule has 1 aromatic rings. The molecule has 2 aliphatic rings. The first kappa shape index (κ1) is 15.0. The van der Waals surface area contributed by atoms with Crippen molar-refractivity contribution in [2.45, 2.75) is 51.0 Å². The molecule has 3 atom stereocenters. The quantitative estimate of drug-likeness (QED) is 0.931. The molecule has 0 aromatic heterocycles. The number of hydrogen-bond donors (Lipinski definition) is 1. The summed E-state index contributed by atoms with van der Waals surface area (Å²) in [6.45, 7) is 6.69. The maximum Gasteiger partial charge on any atom is 0.240 e. The Morgan fingerprint density at radius 3 is 2.29 bits per heavy atom. The average Bonchev–Trinajstić information content (AvgIpc) is 2.72. The second kappa shape index (κ2) is 4.53. The van der Waals surface area contributed by atoms with Gasteiger partial charge < -0.3 is 0 Å². The molecule has 2 bridgehead atoms. The second-order valence-electron chi connectivity index (χ2n) is 7.24. The Kier molecular flexibility index (Phi) is 3.23. The Morgan fingerprint density at radius 1 is 1.19 bits per heavy atom. The van der Waals surface area contributed by atoms with Crippen LogP contribution in [0.25, 0.3) is 0 Å². The van der Waals surface area contributed by atoms with Crippen molar-refractivity contribution in [1.29, 1.82) is 0 Å². The Balaban J connectivity index is 1.86. The van der Waals surface area contributed by atoms with E-state index in [1.54, 1.807) is 0 Å². The molecule has 0 saturated heterocycles. The highest BCUT2D eigenvalue weighted by atomic mass is 32.2. The van der Waals surface area contributed by atoms with Crippen molar-refractivity contribution in [2.24, 2.45) is 16.7 Å². The Hall–Kier alpha value is -0.940. The predicted molar refractivity (Wildman–Crippen MR) is 79.7 cm³/mol. The van der Waals surface area contributed by atoms with Crippen molar-refractivity contribution in [1.82, 2.24) is 4.72 Å². The van der Waals surface area contributed by atoms with Crippen LogP contribution in [0.3, 0.4) is 0 Å². The summed E-state index contributed by atoms with van der Waals surface area (Å²) >= 11 is 0. The molecule has 0 aliphatic heterocycles. The largest absolute Gasteiger partial charge is 0.240 e. The van der Waals surface area contributed by atoms with Gasteiger partial charge in [-0.3, -0.25) is 0 Å². The highest BCUT2D eigenvalue weighted by Crippen LogP contribution is 2.65. The third-order valence-corrected chi connectivity index (χ3v) is 7.70. The maximum absolute atomic E-state index is 12.9. The van der Waals surface area contributed by atoms with Gasteiger partial charge in [0.25, 0.3) is 0 Å². The minimum Gasteiger partial charge on any atom is -0.207 e. The molecule has 116 valence electrons. The van der Waals surface area contributed by atoms with E-state index in [9.17, 15) is 12.8 Å². The molecule has 0 spiro atoms. The zero-order valence-electron chi connectivity index (χ0n) is 12.7. The van der Waals surface area contributed by atoms with Gasteiger partial charge >= 0.3 is 0 Å². The summed E-state index contributed by atoms with van der Waals surface area (Å²) in [6, 6.07) is 4.96. The summed E-state index contributed by atoms with van der Waals surface area (Å²) in [7, 11) is -3.59. The van der Waals surface area contributed by atoms with E-state index >= 15 is 0 Å². The molecule has 0 radical (unpaired) electrons. The molecule has 0 amide bonds. The second-order valence-corrected chi connectivity index (χ2v) is 8.95. The SMILES string of the molecule is CC1(C)C2CCC1(C)C(NS(=O)(=O)c1ccc(F)cc1)C2. The van der Waals surface area contributed by atoms with Crippen LogP contribution in [0.2, 0.25) is 0 Å². The highest BCUT2D eigenvalue weighted by Gasteiger charge is 2.61.